The van der Waals surface area contributed by atoms with Crippen molar-refractivity contribution in [2.45, 2.75) is 13.8 Å². The molecule has 3 N–H and O–H groups in total. The number of esters is 1. The van der Waals surface area contributed by atoms with Gasteiger partial charge in [0.2, 0.25) is 5.95 Å². The average Bonchev–Trinajstić information content (AvgIpc) is 2.98. The minimum Gasteiger partial charge on any atom is -0.478 e. The first kappa shape index (κ1) is 16.8. The van der Waals surface area contributed by atoms with Crippen molar-refractivity contribution in [3.05, 3.63) is 40.3 Å². The number of rotatable bonds is 4. The Kier molecular flexibility index (Phi) is 4.37. The quantitative estimate of drug-likeness (QED) is 0.689. The van der Waals surface area contributed by atoms with Crippen molar-refractivity contribution in [3.63, 3.8) is 0 Å². The van der Waals surface area contributed by atoms with Crippen molar-refractivity contribution in [3.8, 4) is 11.3 Å². The Balaban J connectivity index is 2.24. The van der Waals surface area contributed by atoms with E-state index in [0.29, 0.717) is 26.4 Å². The molecule has 0 spiro atoms. The third-order valence-electron chi connectivity index (χ3n) is 3.63. The summed E-state index contributed by atoms with van der Waals surface area (Å²) in [6.45, 7) is 3.85. The second-order valence-electron chi connectivity index (χ2n) is 5.32. The van der Waals surface area contributed by atoms with E-state index < -0.39 is 11.9 Å². The highest BCUT2D eigenvalue weighted by Gasteiger charge is 2.18. The summed E-state index contributed by atoms with van der Waals surface area (Å²) in [7, 11) is 0. The molecule has 128 valence electrons. The third-order valence-corrected chi connectivity index (χ3v) is 4.64. The number of fused-ring (bicyclic) bond motifs is 1. The van der Waals surface area contributed by atoms with Crippen molar-refractivity contribution in [2.24, 2.45) is 0 Å². The Morgan fingerprint density at radius 1 is 1.28 bits per heavy atom. The van der Waals surface area contributed by atoms with Crippen LogP contribution in [0, 0.1) is 6.92 Å². The molecule has 0 radical (unpaired) electrons. The van der Waals surface area contributed by atoms with Crippen molar-refractivity contribution < 1.29 is 19.4 Å². The van der Waals surface area contributed by atoms with Gasteiger partial charge in [0.05, 0.1) is 17.9 Å². The standard InChI is InChI=1S/C17H15N3O4S/c1-3-24-16(23)12-7-11-13(19-17(18)20-14(11)25-12)10-6-9(15(21)22)5-4-8(10)2/h4-7H,3H2,1-2H3,(H,21,22)(H2,18,19,20). The fraction of sp³-hybridized carbons (Fsp3) is 0.176. The number of aromatic nitrogens is 2. The molecule has 0 bridgehead atoms. The van der Waals surface area contributed by atoms with E-state index in [4.69, 9.17) is 10.5 Å². The van der Waals surface area contributed by atoms with Gasteiger partial charge in [0.25, 0.3) is 0 Å². The van der Waals surface area contributed by atoms with Crippen LogP contribution in [0.5, 0.6) is 0 Å². The first-order chi connectivity index (χ1) is 11.9. The van der Waals surface area contributed by atoms with Gasteiger partial charge in [0, 0.05) is 10.9 Å². The van der Waals surface area contributed by atoms with E-state index in [0.717, 1.165) is 16.9 Å². The summed E-state index contributed by atoms with van der Waals surface area (Å²) < 4.78 is 5.02. The topological polar surface area (TPSA) is 115 Å². The molecule has 2 heterocycles. The second-order valence-corrected chi connectivity index (χ2v) is 6.35. The first-order valence-corrected chi connectivity index (χ1v) is 8.30. The summed E-state index contributed by atoms with van der Waals surface area (Å²) in [6, 6.07) is 6.43. The largest absolute Gasteiger partial charge is 0.478 e. The summed E-state index contributed by atoms with van der Waals surface area (Å²) >= 11 is 1.16. The molecule has 3 aromatic rings. The number of benzene rings is 1. The molecule has 0 aliphatic rings. The van der Waals surface area contributed by atoms with Crippen LogP contribution < -0.4 is 5.73 Å². The van der Waals surface area contributed by atoms with Crippen LogP contribution in [0.15, 0.2) is 24.3 Å². The van der Waals surface area contributed by atoms with E-state index in [-0.39, 0.29) is 18.1 Å². The molecule has 0 aliphatic heterocycles. The fourth-order valence-electron chi connectivity index (χ4n) is 2.46. The molecule has 2 aromatic heterocycles. The predicted molar refractivity (Wildman–Crippen MR) is 94.9 cm³/mol. The number of carboxylic acids is 1. The molecular weight excluding hydrogens is 342 g/mol. The number of aromatic carboxylic acids is 1. The molecule has 7 nitrogen and oxygen atoms in total. The number of nitrogens with zero attached hydrogens (tertiary/aromatic N) is 2. The van der Waals surface area contributed by atoms with Gasteiger partial charge in [-0.2, -0.15) is 0 Å². The second kappa shape index (κ2) is 6.48. The van der Waals surface area contributed by atoms with Gasteiger partial charge in [-0.25, -0.2) is 19.6 Å². The van der Waals surface area contributed by atoms with Gasteiger partial charge < -0.3 is 15.6 Å². The van der Waals surface area contributed by atoms with Crippen molar-refractivity contribution in [2.75, 3.05) is 12.3 Å². The summed E-state index contributed by atoms with van der Waals surface area (Å²) in [6.07, 6.45) is 0. The van der Waals surface area contributed by atoms with Crippen molar-refractivity contribution >= 4 is 39.4 Å². The summed E-state index contributed by atoms with van der Waals surface area (Å²) in [4.78, 5) is 32.7. The van der Waals surface area contributed by atoms with Crippen LogP contribution in [-0.2, 0) is 4.74 Å². The highest BCUT2D eigenvalue weighted by atomic mass is 32.1. The summed E-state index contributed by atoms with van der Waals surface area (Å²) in [5.74, 6) is -1.41. The van der Waals surface area contributed by atoms with E-state index in [9.17, 15) is 14.7 Å². The monoisotopic (exact) mass is 357 g/mol. The zero-order valence-corrected chi connectivity index (χ0v) is 14.4. The average molecular weight is 357 g/mol. The van der Waals surface area contributed by atoms with Crippen LogP contribution in [0.25, 0.3) is 21.5 Å². The molecule has 0 aliphatic carbocycles. The molecule has 0 amide bonds. The molecule has 0 atom stereocenters. The van der Waals surface area contributed by atoms with Crippen molar-refractivity contribution in [1.29, 1.82) is 0 Å². The van der Waals surface area contributed by atoms with Crippen LogP contribution in [-0.4, -0.2) is 33.6 Å². The van der Waals surface area contributed by atoms with Gasteiger partial charge in [0.15, 0.2) is 0 Å². The van der Waals surface area contributed by atoms with Crippen molar-refractivity contribution in [1.82, 2.24) is 9.97 Å². The number of carbonyl (C=O) groups excluding carboxylic acids is 1. The van der Waals surface area contributed by atoms with Crippen LogP contribution in [0.3, 0.4) is 0 Å². The summed E-state index contributed by atoms with van der Waals surface area (Å²) in [5.41, 5.74) is 7.92. The van der Waals surface area contributed by atoms with Gasteiger partial charge in [-0.1, -0.05) is 6.07 Å². The summed E-state index contributed by atoms with van der Waals surface area (Å²) in [5, 5.41) is 9.87. The maximum absolute atomic E-state index is 12.0. The zero-order chi connectivity index (χ0) is 18.1. The normalized spacial score (nSPS) is 10.8. The number of anilines is 1. The lowest BCUT2D eigenvalue weighted by molar-refractivity contribution is 0.0531. The van der Waals surface area contributed by atoms with E-state index in [1.165, 1.54) is 6.07 Å². The van der Waals surface area contributed by atoms with E-state index in [1.54, 1.807) is 25.1 Å². The molecule has 25 heavy (non-hydrogen) atoms. The van der Waals surface area contributed by atoms with E-state index >= 15 is 0 Å². The Labute approximate surface area is 147 Å². The van der Waals surface area contributed by atoms with Crippen LogP contribution in [0.1, 0.15) is 32.5 Å². The van der Waals surface area contributed by atoms with Crippen LogP contribution in [0.2, 0.25) is 0 Å². The lowest BCUT2D eigenvalue weighted by Gasteiger charge is -2.08. The highest BCUT2D eigenvalue weighted by molar-refractivity contribution is 7.20. The minimum atomic E-state index is -1.03. The number of nitrogen functional groups attached to an aromatic ring is 1. The van der Waals surface area contributed by atoms with Crippen LogP contribution in [0.4, 0.5) is 5.95 Å². The van der Waals surface area contributed by atoms with Gasteiger partial charge in [0.1, 0.15) is 9.71 Å². The molecule has 0 saturated carbocycles. The molecule has 8 heteroatoms. The third kappa shape index (κ3) is 3.16. The fourth-order valence-corrected chi connectivity index (χ4v) is 3.39. The molecule has 1 aromatic carbocycles. The van der Waals surface area contributed by atoms with Gasteiger partial charge in [-0.15, -0.1) is 11.3 Å². The predicted octanol–water partition coefficient (Wildman–Crippen LogP) is 3.12. The lowest BCUT2D eigenvalue weighted by Crippen LogP contribution is -2.01. The molecular formula is C17H15N3O4S. The molecule has 3 rings (SSSR count). The van der Waals surface area contributed by atoms with Gasteiger partial charge >= 0.3 is 11.9 Å². The number of carbonyl (C=O) groups is 2. The smallest absolute Gasteiger partial charge is 0.348 e. The maximum atomic E-state index is 12.0. The molecule has 0 fully saturated rings. The van der Waals surface area contributed by atoms with Crippen LogP contribution >= 0.6 is 11.3 Å². The SMILES string of the molecule is CCOC(=O)c1cc2c(-c3cc(C(=O)O)ccc3C)nc(N)nc2s1. The molecule has 0 saturated heterocycles. The minimum absolute atomic E-state index is 0.0555. The number of ether oxygens (including phenoxy) is 1. The number of nitrogens with two attached hydrogens (primary N) is 1. The molecule has 0 unspecified atom stereocenters. The van der Waals surface area contributed by atoms with E-state index in [1.807, 2.05) is 6.92 Å². The number of aryl methyl sites for hydroxylation is 1. The van der Waals surface area contributed by atoms with Gasteiger partial charge in [-0.3, -0.25) is 0 Å². The Hall–Kier alpha value is -3.00. The van der Waals surface area contributed by atoms with Gasteiger partial charge in [-0.05, 0) is 37.6 Å². The Morgan fingerprint density at radius 3 is 2.72 bits per heavy atom. The number of hydrogen-bond acceptors (Lipinski definition) is 7. The Morgan fingerprint density at radius 2 is 2.04 bits per heavy atom. The highest BCUT2D eigenvalue weighted by Crippen LogP contribution is 2.34. The lowest BCUT2D eigenvalue weighted by atomic mass is 10.0. The number of thiophene rings is 1. The maximum Gasteiger partial charge on any atom is 0.348 e. The first-order valence-electron chi connectivity index (χ1n) is 7.49. The number of hydrogen-bond donors (Lipinski definition) is 2. The zero-order valence-electron chi connectivity index (χ0n) is 13.6. The number of carboxylic acid groups (broad SMARTS) is 1. The van der Waals surface area contributed by atoms with E-state index in [2.05, 4.69) is 9.97 Å². The Bertz CT molecular complexity index is 997.